The van der Waals surface area contributed by atoms with Gasteiger partial charge in [0.1, 0.15) is 18.3 Å². The molecular weight excluding hydrogens is 588 g/mol. The predicted octanol–water partition coefficient (Wildman–Crippen LogP) is 7.13. The van der Waals surface area contributed by atoms with Gasteiger partial charge in [-0.2, -0.15) is 0 Å². The van der Waals surface area contributed by atoms with Gasteiger partial charge in [0.15, 0.2) is 0 Å². The molecule has 0 saturated carbocycles. The van der Waals surface area contributed by atoms with Gasteiger partial charge in [0.2, 0.25) is 5.79 Å². The van der Waals surface area contributed by atoms with E-state index in [0.29, 0.717) is 0 Å². The molecule has 0 aromatic heterocycles. The van der Waals surface area contributed by atoms with Gasteiger partial charge in [0.05, 0.1) is 33.0 Å². The number of ether oxygens (including phenoxy) is 5. The maximum atomic E-state index is 14.5. The van der Waals surface area contributed by atoms with Crippen molar-refractivity contribution in [3.8, 4) is 0 Å². The molecular formula is C41H39O6-. The highest BCUT2D eigenvalue weighted by atomic mass is 16.7. The molecule has 5 aromatic carbocycles. The average molecular weight is 628 g/mol. The first-order valence-electron chi connectivity index (χ1n) is 15.9. The van der Waals surface area contributed by atoms with E-state index < -0.39 is 24.1 Å². The fourth-order valence-electron chi connectivity index (χ4n) is 5.59. The van der Waals surface area contributed by atoms with Gasteiger partial charge in [0, 0.05) is 0 Å². The Labute approximate surface area is 276 Å². The van der Waals surface area contributed by atoms with E-state index in [1.807, 2.05) is 152 Å². The van der Waals surface area contributed by atoms with E-state index in [9.17, 15) is 5.11 Å². The second-order valence-corrected chi connectivity index (χ2v) is 11.5. The molecule has 6 nitrogen and oxygen atoms in total. The minimum Gasteiger partial charge on any atom is -0.872 e. The van der Waals surface area contributed by atoms with Crippen LogP contribution in [0, 0.1) is 0 Å². The topological polar surface area (TPSA) is 69.2 Å². The van der Waals surface area contributed by atoms with Crippen molar-refractivity contribution in [2.24, 2.45) is 0 Å². The van der Waals surface area contributed by atoms with E-state index in [1.54, 1.807) is 0 Å². The number of hydrogen-bond donors (Lipinski definition) is 0. The normalized spacial score (nSPS) is 18.8. The fourth-order valence-corrected chi connectivity index (χ4v) is 5.59. The van der Waals surface area contributed by atoms with Crippen LogP contribution >= 0.6 is 0 Å². The lowest BCUT2D eigenvalue weighted by atomic mass is 9.89. The molecule has 5 aromatic rings. The molecule has 0 radical (unpaired) electrons. The molecule has 0 spiro atoms. The van der Waals surface area contributed by atoms with Gasteiger partial charge in [-0.25, -0.2) is 0 Å². The summed E-state index contributed by atoms with van der Waals surface area (Å²) >= 11 is 0. The van der Waals surface area contributed by atoms with Crippen molar-refractivity contribution >= 4 is 0 Å². The summed E-state index contributed by atoms with van der Waals surface area (Å²) in [5.74, 6) is -2.20. The van der Waals surface area contributed by atoms with Crippen LogP contribution in [0.5, 0.6) is 0 Å². The minimum absolute atomic E-state index is 0.126. The number of benzene rings is 5. The number of rotatable bonds is 15. The van der Waals surface area contributed by atoms with E-state index in [4.69, 9.17) is 23.7 Å². The van der Waals surface area contributed by atoms with Gasteiger partial charge in [-0.3, -0.25) is 0 Å². The van der Waals surface area contributed by atoms with Gasteiger partial charge in [-0.05, 0) is 27.8 Å². The molecule has 0 N–H and O–H groups in total. The van der Waals surface area contributed by atoms with Crippen LogP contribution in [0.2, 0.25) is 0 Å². The third-order valence-corrected chi connectivity index (χ3v) is 8.09. The molecule has 240 valence electrons. The van der Waals surface area contributed by atoms with E-state index in [0.717, 1.165) is 27.8 Å². The third-order valence-electron chi connectivity index (χ3n) is 8.09. The van der Waals surface area contributed by atoms with Gasteiger partial charge in [0.25, 0.3) is 0 Å². The molecule has 6 rings (SSSR count). The Hall–Kier alpha value is -4.56. The van der Waals surface area contributed by atoms with Crippen molar-refractivity contribution in [1.82, 2.24) is 0 Å². The zero-order valence-electron chi connectivity index (χ0n) is 26.2. The zero-order chi connectivity index (χ0) is 32.2. The van der Waals surface area contributed by atoms with E-state index >= 15 is 0 Å². The first-order chi connectivity index (χ1) is 23.2. The van der Waals surface area contributed by atoms with Crippen LogP contribution in [-0.2, 0) is 56.7 Å². The second-order valence-electron chi connectivity index (χ2n) is 11.5. The van der Waals surface area contributed by atoms with Crippen molar-refractivity contribution < 1.29 is 28.8 Å². The molecule has 3 atom stereocenters. The molecule has 6 heteroatoms. The van der Waals surface area contributed by atoms with E-state index in [1.165, 1.54) is 6.08 Å². The largest absolute Gasteiger partial charge is 0.872 e. The summed E-state index contributed by atoms with van der Waals surface area (Å²) in [5, 5.41) is 14.5. The Kier molecular flexibility index (Phi) is 11.2. The first kappa shape index (κ1) is 32.4. The van der Waals surface area contributed by atoms with Gasteiger partial charge in [-0.15, -0.1) is 0 Å². The monoisotopic (exact) mass is 627 g/mol. The Balaban J connectivity index is 1.40. The first-order valence-corrected chi connectivity index (χ1v) is 15.9. The summed E-state index contributed by atoms with van der Waals surface area (Å²) in [6.45, 7) is 1.02. The van der Waals surface area contributed by atoms with Crippen molar-refractivity contribution in [3.63, 3.8) is 0 Å². The van der Waals surface area contributed by atoms with Crippen molar-refractivity contribution in [3.05, 3.63) is 191 Å². The van der Waals surface area contributed by atoms with E-state index in [-0.39, 0.29) is 38.8 Å². The van der Waals surface area contributed by atoms with E-state index in [2.05, 4.69) is 0 Å². The van der Waals surface area contributed by atoms with Gasteiger partial charge >= 0.3 is 0 Å². The Morgan fingerprint density at radius 2 is 0.766 bits per heavy atom. The molecule has 1 aliphatic carbocycles. The summed E-state index contributed by atoms with van der Waals surface area (Å²) in [6, 6.07) is 49.1. The molecule has 47 heavy (non-hydrogen) atoms. The summed E-state index contributed by atoms with van der Waals surface area (Å²) in [4.78, 5) is 0. The molecule has 0 bridgehead atoms. The second kappa shape index (κ2) is 16.3. The highest BCUT2D eigenvalue weighted by Crippen LogP contribution is 2.39. The highest BCUT2D eigenvalue weighted by Gasteiger charge is 2.53. The lowest BCUT2D eigenvalue weighted by molar-refractivity contribution is -0.416. The highest BCUT2D eigenvalue weighted by molar-refractivity contribution is 5.23. The van der Waals surface area contributed by atoms with Gasteiger partial charge in [-0.1, -0.05) is 163 Å². The fraction of sp³-hybridized carbons (Fsp3) is 0.220. The standard InChI is InChI=1S/C41H40O6/c42-38-26-37(43-27-32-16-6-1-7-17-32)39(44-28-33-18-8-2-9-19-33)40(45-29-34-20-10-3-11-21-34)41(38,46-30-35-22-12-4-13-23-35)47-31-36-24-14-5-15-25-36/h1-26,37,39-40,42H,27-31H2/p-1/t37-,39+,40?/m0/s1. The quantitative estimate of drug-likeness (QED) is 0.115. The summed E-state index contributed by atoms with van der Waals surface area (Å²) in [7, 11) is 0. The van der Waals surface area contributed by atoms with Crippen molar-refractivity contribution in [2.75, 3.05) is 0 Å². The maximum Gasteiger partial charge on any atom is 0.210 e. The van der Waals surface area contributed by atoms with Crippen molar-refractivity contribution in [2.45, 2.75) is 57.1 Å². The Bertz CT molecular complexity index is 1600. The molecule has 0 saturated heterocycles. The molecule has 0 aliphatic heterocycles. The zero-order valence-corrected chi connectivity index (χ0v) is 26.2. The maximum absolute atomic E-state index is 14.5. The van der Waals surface area contributed by atoms with Crippen LogP contribution in [0.15, 0.2) is 163 Å². The molecule has 0 heterocycles. The van der Waals surface area contributed by atoms with Crippen molar-refractivity contribution in [1.29, 1.82) is 0 Å². The van der Waals surface area contributed by atoms with Crippen LogP contribution in [0.4, 0.5) is 0 Å². The average Bonchev–Trinajstić information content (AvgIpc) is 3.14. The minimum atomic E-state index is -1.82. The van der Waals surface area contributed by atoms with Gasteiger partial charge < -0.3 is 28.8 Å². The summed E-state index contributed by atoms with van der Waals surface area (Å²) in [5.41, 5.74) is 4.70. The lowest BCUT2D eigenvalue weighted by Crippen LogP contribution is -2.64. The summed E-state index contributed by atoms with van der Waals surface area (Å²) in [6.07, 6.45) is -0.943. The third kappa shape index (κ3) is 8.63. The van der Waals surface area contributed by atoms with Crippen LogP contribution in [0.25, 0.3) is 0 Å². The molecule has 1 aliphatic rings. The molecule has 0 fully saturated rings. The van der Waals surface area contributed by atoms with Crippen LogP contribution in [0.3, 0.4) is 0 Å². The lowest BCUT2D eigenvalue weighted by Gasteiger charge is -2.51. The van der Waals surface area contributed by atoms with Crippen LogP contribution < -0.4 is 5.11 Å². The predicted molar refractivity (Wildman–Crippen MR) is 178 cm³/mol. The van der Waals surface area contributed by atoms with Crippen LogP contribution in [0.1, 0.15) is 27.8 Å². The SMILES string of the molecule is [O-]C1=C[C@H](OCc2ccccc2)[C@@H](OCc2ccccc2)C(OCc2ccccc2)C1(OCc1ccccc1)OCc1ccccc1. The molecule has 0 amide bonds. The summed E-state index contributed by atoms with van der Waals surface area (Å²) < 4.78 is 33.1. The molecule has 1 unspecified atom stereocenters. The number of hydrogen-bond acceptors (Lipinski definition) is 6. The van der Waals surface area contributed by atoms with Crippen LogP contribution in [-0.4, -0.2) is 24.1 Å². The smallest absolute Gasteiger partial charge is 0.210 e. The Morgan fingerprint density at radius 3 is 1.17 bits per heavy atom. The Morgan fingerprint density at radius 1 is 0.426 bits per heavy atom.